The van der Waals surface area contributed by atoms with Crippen LogP contribution in [0.15, 0.2) is 18.2 Å². The summed E-state index contributed by atoms with van der Waals surface area (Å²) in [5, 5.41) is 3.36. The fourth-order valence-electron chi connectivity index (χ4n) is 2.00. The van der Waals surface area contributed by atoms with Crippen molar-refractivity contribution in [1.82, 2.24) is 5.32 Å². The highest BCUT2D eigenvalue weighted by Gasteiger charge is 2.18. The molecule has 0 saturated carbocycles. The molecule has 0 bridgehead atoms. The summed E-state index contributed by atoms with van der Waals surface area (Å²) in [5.41, 5.74) is 1.74. The zero-order valence-electron chi connectivity index (χ0n) is 12.1. The van der Waals surface area contributed by atoms with Crippen molar-refractivity contribution in [2.24, 2.45) is 0 Å². The Morgan fingerprint density at radius 2 is 1.94 bits per heavy atom. The number of nitrogens with zero attached hydrogens (tertiary/aromatic N) is 1. The molecule has 1 aromatic carbocycles. The molecule has 3 heteroatoms. The van der Waals surface area contributed by atoms with Crippen molar-refractivity contribution < 1.29 is 4.39 Å². The van der Waals surface area contributed by atoms with Crippen molar-refractivity contribution in [1.29, 1.82) is 0 Å². The predicted molar refractivity (Wildman–Crippen MR) is 76.6 cm³/mol. The molecule has 0 radical (unpaired) electrons. The SMILES string of the molecule is CCCNC(C)c1c(F)cccc1N(C)C(C)C. The van der Waals surface area contributed by atoms with E-state index in [1.54, 1.807) is 6.07 Å². The van der Waals surface area contributed by atoms with Gasteiger partial charge < -0.3 is 10.2 Å². The van der Waals surface area contributed by atoms with Crippen LogP contribution < -0.4 is 10.2 Å². The molecule has 0 heterocycles. The third-order valence-corrected chi connectivity index (χ3v) is 3.32. The fraction of sp³-hybridized carbons (Fsp3) is 0.600. The van der Waals surface area contributed by atoms with Crippen molar-refractivity contribution in [2.75, 3.05) is 18.5 Å². The molecular formula is C15H25FN2. The Hall–Kier alpha value is -1.09. The zero-order valence-corrected chi connectivity index (χ0v) is 12.1. The van der Waals surface area contributed by atoms with E-state index in [9.17, 15) is 4.39 Å². The van der Waals surface area contributed by atoms with Gasteiger partial charge >= 0.3 is 0 Å². The molecule has 1 atom stereocenters. The Bertz CT molecular complexity index is 377. The van der Waals surface area contributed by atoms with Gasteiger partial charge in [0.15, 0.2) is 0 Å². The smallest absolute Gasteiger partial charge is 0.130 e. The Kier molecular flexibility index (Phi) is 5.60. The van der Waals surface area contributed by atoms with Crippen molar-refractivity contribution in [3.8, 4) is 0 Å². The van der Waals surface area contributed by atoms with Crippen molar-refractivity contribution in [3.05, 3.63) is 29.6 Å². The molecule has 0 aromatic heterocycles. The van der Waals surface area contributed by atoms with Gasteiger partial charge in [-0.2, -0.15) is 0 Å². The number of benzene rings is 1. The molecule has 1 N–H and O–H groups in total. The molecule has 2 nitrogen and oxygen atoms in total. The summed E-state index contributed by atoms with van der Waals surface area (Å²) in [6.45, 7) is 9.26. The van der Waals surface area contributed by atoms with Crippen LogP contribution in [0, 0.1) is 5.82 Å². The lowest BCUT2D eigenvalue weighted by molar-refractivity contribution is 0.525. The second-order valence-corrected chi connectivity index (χ2v) is 5.05. The van der Waals surface area contributed by atoms with Gasteiger partial charge in [0.05, 0.1) is 0 Å². The van der Waals surface area contributed by atoms with Gasteiger partial charge in [0.2, 0.25) is 0 Å². The molecule has 0 spiro atoms. The predicted octanol–water partition coefficient (Wildman–Crippen LogP) is 3.73. The second kappa shape index (κ2) is 6.74. The van der Waals surface area contributed by atoms with E-state index in [0.29, 0.717) is 6.04 Å². The maximum atomic E-state index is 14.1. The molecule has 0 aliphatic heterocycles. The van der Waals surface area contributed by atoms with Crippen molar-refractivity contribution >= 4 is 5.69 Å². The molecule has 18 heavy (non-hydrogen) atoms. The second-order valence-electron chi connectivity index (χ2n) is 5.05. The normalized spacial score (nSPS) is 12.8. The fourth-order valence-corrected chi connectivity index (χ4v) is 2.00. The number of hydrogen-bond acceptors (Lipinski definition) is 2. The number of anilines is 1. The number of nitrogens with one attached hydrogen (secondary N) is 1. The summed E-state index contributed by atoms with van der Waals surface area (Å²) in [4.78, 5) is 2.11. The number of halogens is 1. The summed E-state index contributed by atoms with van der Waals surface area (Å²) in [6.07, 6.45) is 1.05. The highest BCUT2D eigenvalue weighted by atomic mass is 19.1. The Labute approximate surface area is 110 Å². The Morgan fingerprint density at radius 3 is 2.50 bits per heavy atom. The molecule has 1 aromatic rings. The van der Waals surface area contributed by atoms with Gasteiger partial charge in [0.25, 0.3) is 0 Å². The average molecular weight is 252 g/mol. The van der Waals surface area contributed by atoms with Crippen LogP contribution in [-0.2, 0) is 0 Å². The zero-order chi connectivity index (χ0) is 13.7. The van der Waals surface area contributed by atoms with E-state index < -0.39 is 0 Å². The summed E-state index contributed by atoms with van der Waals surface area (Å²) in [5.74, 6) is -0.129. The third kappa shape index (κ3) is 3.45. The van der Waals surface area contributed by atoms with Crippen LogP contribution >= 0.6 is 0 Å². The monoisotopic (exact) mass is 252 g/mol. The highest BCUT2D eigenvalue weighted by molar-refractivity contribution is 5.55. The first-order valence-corrected chi connectivity index (χ1v) is 6.73. The van der Waals surface area contributed by atoms with Gasteiger partial charge in [-0.25, -0.2) is 4.39 Å². The molecule has 1 unspecified atom stereocenters. The van der Waals surface area contributed by atoms with E-state index in [1.807, 2.05) is 20.0 Å². The highest BCUT2D eigenvalue weighted by Crippen LogP contribution is 2.29. The Morgan fingerprint density at radius 1 is 1.28 bits per heavy atom. The van der Waals surface area contributed by atoms with Crippen LogP contribution in [0.1, 0.15) is 45.7 Å². The molecule has 1 rings (SSSR count). The van der Waals surface area contributed by atoms with E-state index >= 15 is 0 Å². The molecule has 0 saturated heterocycles. The molecule has 102 valence electrons. The lowest BCUT2D eigenvalue weighted by atomic mass is 10.0. The summed E-state index contributed by atoms with van der Waals surface area (Å²) in [7, 11) is 2.01. The lowest BCUT2D eigenvalue weighted by Gasteiger charge is -2.29. The first kappa shape index (κ1) is 15.0. The van der Waals surface area contributed by atoms with E-state index in [-0.39, 0.29) is 11.9 Å². The van der Waals surface area contributed by atoms with Gasteiger partial charge in [0.1, 0.15) is 5.82 Å². The maximum Gasteiger partial charge on any atom is 0.130 e. The topological polar surface area (TPSA) is 15.3 Å². The molecule has 0 aliphatic carbocycles. The van der Waals surface area contributed by atoms with E-state index in [1.165, 1.54) is 6.07 Å². The first-order valence-electron chi connectivity index (χ1n) is 6.73. The van der Waals surface area contributed by atoms with Gasteiger partial charge in [-0.1, -0.05) is 13.0 Å². The first-order chi connectivity index (χ1) is 8.49. The van der Waals surface area contributed by atoms with Crippen LogP contribution in [0.3, 0.4) is 0 Å². The molecular weight excluding hydrogens is 227 g/mol. The summed E-state index contributed by atoms with van der Waals surface area (Å²) < 4.78 is 14.1. The average Bonchev–Trinajstić information content (AvgIpc) is 2.34. The quantitative estimate of drug-likeness (QED) is 0.830. The van der Waals surface area contributed by atoms with Gasteiger partial charge in [-0.05, 0) is 45.9 Å². The van der Waals surface area contributed by atoms with Crippen LogP contribution in [0.4, 0.5) is 10.1 Å². The minimum Gasteiger partial charge on any atom is -0.372 e. The van der Waals surface area contributed by atoms with Crippen LogP contribution in [0.2, 0.25) is 0 Å². The summed E-state index contributed by atoms with van der Waals surface area (Å²) in [6, 6.07) is 5.69. The Balaban J connectivity index is 3.07. The van der Waals surface area contributed by atoms with Crippen LogP contribution in [-0.4, -0.2) is 19.6 Å². The van der Waals surface area contributed by atoms with Crippen LogP contribution in [0.25, 0.3) is 0 Å². The number of hydrogen-bond donors (Lipinski definition) is 1. The largest absolute Gasteiger partial charge is 0.372 e. The van der Waals surface area contributed by atoms with Crippen molar-refractivity contribution in [2.45, 2.75) is 46.2 Å². The van der Waals surface area contributed by atoms with Gasteiger partial charge in [0, 0.05) is 30.4 Å². The maximum absolute atomic E-state index is 14.1. The summed E-state index contributed by atoms with van der Waals surface area (Å²) >= 11 is 0. The van der Waals surface area contributed by atoms with E-state index in [2.05, 4.69) is 31.0 Å². The third-order valence-electron chi connectivity index (χ3n) is 3.32. The van der Waals surface area contributed by atoms with Gasteiger partial charge in [-0.15, -0.1) is 0 Å². The number of rotatable bonds is 6. The molecule has 0 fully saturated rings. The minimum atomic E-state index is -0.129. The van der Waals surface area contributed by atoms with Crippen molar-refractivity contribution in [3.63, 3.8) is 0 Å². The van der Waals surface area contributed by atoms with E-state index in [0.717, 1.165) is 24.2 Å². The molecule has 0 aliphatic rings. The van der Waals surface area contributed by atoms with Gasteiger partial charge in [-0.3, -0.25) is 0 Å². The van der Waals surface area contributed by atoms with Crippen LogP contribution in [0.5, 0.6) is 0 Å². The van der Waals surface area contributed by atoms with E-state index in [4.69, 9.17) is 0 Å². The minimum absolute atomic E-state index is 0.0300. The standard InChI is InChI=1S/C15H25FN2/c1-6-10-17-12(4)15-13(16)8-7-9-14(15)18(5)11(2)3/h7-9,11-12,17H,6,10H2,1-5H3. The molecule has 0 amide bonds. The lowest BCUT2D eigenvalue weighted by Crippen LogP contribution is -2.29.